The summed E-state index contributed by atoms with van der Waals surface area (Å²) in [6.45, 7) is 2.27. The number of fused-ring (bicyclic) bond motifs is 3. The number of likely N-dealkylation sites (tertiary alicyclic amines) is 1. The van der Waals surface area contributed by atoms with Crippen LogP contribution in [0.25, 0.3) is 0 Å². The first-order valence-corrected chi connectivity index (χ1v) is 9.09. The molecule has 122 valence electrons. The Labute approximate surface area is 140 Å². The van der Waals surface area contributed by atoms with Gasteiger partial charge in [-0.2, -0.15) is 0 Å². The smallest absolute Gasteiger partial charge is 0.526 e. The Hall–Kier alpha value is -1.18. The fraction of sp³-hybridized carbons (Fsp3) is 0.562. The molecule has 4 rings (SSSR count). The number of carbonyl (C=O) groups is 1. The molecule has 1 saturated heterocycles. The molecular weight excluding hydrogens is 313 g/mol. The Kier molecular flexibility index (Phi) is 3.82. The van der Waals surface area contributed by atoms with Gasteiger partial charge in [0.25, 0.3) is 0 Å². The van der Waals surface area contributed by atoms with E-state index in [0.717, 1.165) is 48.1 Å². The molecule has 23 heavy (non-hydrogen) atoms. The third kappa shape index (κ3) is 2.75. The summed E-state index contributed by atoms with van der Waals surface area (Å²) in [5.41, 5.74) is 1.17. The van der Waals surface area contributed by atoms with Gasteiger partial charge in [-0.15, -0.1) is 11.8 Å². The predicted octanol–water partition coefficient (Wildman–Crippen LogP) is 2.16. The van der Waals surface area contributed by atoms with Gasteiger partial charge in [0.1, 0.15) is 11.3 Å². The van der Waals surface area contributed by atoms with Gasteiger partial charge >= 0.3 is 13.1 Å². The molecule has 2 heterocycles. The molecule has 0 bridgehead atoms. The van der Waals surface area contributed by atoms with Crippen molar-refractivity contribution in [1.82, 2.24) is 4.90 Å². The van der Waals surface area contributed by atoms with E-state index in [4.69, 9.17) is 4.65 Å². The van der Waals surface area contributed by atoms with E-state index in [1.54, 1.807) is 11.8 Å². The normalized spacial score (nSPS) is 26.1. The summed E-state index contributed by atoms with van der Waals surface area (Å²) in [7, 11) is 1.25. The zero-order chi connectivity index (χ0) is 16.1. The number of aromatic carboxylic acids is 1. The maximum atomic E-state index is 11.7. The van der Waals surface area contributed by atoms with E-state index >= 15 is 0 Å². The number of carboxylic acids is 1. The quantitative estimate of drug-likeness (QED) is 0.636. The summed E-state index contributed by atoms with van der Waals surface area (Å²) >= 11 is 1.58. The molecule has 0 unspecified atom stereocenters. The van der Waals surface area contributed by atoms with Crippen molar-refractivity contribution in [2.45, 2.75) is 29.5 Å². The van der Waals surface area contributed by atoms with Crippen molar-refractivity contribution in [1.29, 1.82) is 0 Å². The molecule has 1 saturated carbocycles. The van der Waals surface area contributed by atoms with Gasteiger partial charge in [-0.1, -0.05) is 6.07 Å². The van der Waals surface area contributed by atoms with Gasteiger partial charge < -0.3 is 19.7 Å². The third-order valence-electron chi connectivity index (χ3n) is 5.13. The first kappa shape index (κ1) is 15.4. The van der Waals surface area contributed by atoms with E-state index in [1.165, 1.54) is 0 Å². The van der Waals surface area contributed by atoms with Gasteiger partial charge in [0.05, 0.1) is 0 Å². The summed E-state index contributed by atoms with van der Waals surface area (Å²) < 4.78 is 5.55. The van der Waals surface area contributed by atoms with Crippen molar-refractivity contribution in [2.24, 2.45) is 5.92 Å². The summed E-state index contributed by atoms with van der Waals surface area (Å²) in [4.78, 5) is 14.8. The Morgan fingerprint density at radius 2 is 2.26 bits per heavy atom. The summed E-state index contributed by atoms with van der Waals surface area (Å²) in [5, 5.41) is 19.6. The number of hydrogen-bond donors (Lipinski definition) is 2. The van der Waals surface area contributed by atoms with E-state index < -0.39 is 13.1 Å². The first-order chi connectivity index (χ1) is 11.0. The average molecular weight is 333 g/mol. The van der Waals surface area contributed by atoms with E-state index in [-0.39, 0.29) is 17.3 Å². The summed E-state index contributed by atoms with van der Waals surface area (Å²) in [5.74, 6) is 1.45. The van der Waals surface area contributed by atoms with Crippen molar-refractivity contribution in [2.75, 3.05) is 25.9 Å². The van der Waals surface area contributed by atoms with E-state index in [2.05, 4.69) is 11.9 Å². The molecule has 2 fully saturated rings. The van der Waals surface area contributed by atoms with E-state index in [0.29, 0.717) is 5.75 Å². The molecule has 2 aliphatic heterocycles. The van der Waals surface area contributed by atoms with Gasteiger partial charge in [-0.25, -0.2) is 4.79 Å². The molecule has 0 spiro atoms. The summed E-state index contributed by atoms with van der Waals surface area (Å²) in [6.07, 6.45) is 1.98. The minimum absolute atomic E-state index is 0.137. The molecule has 1 aliphatic carbocycles. The fourth-order valence-electron chi connectivity index (χ4n) is 3.76. The largest absolute Gasteiger partial charge is 0.535 e. The molecular formula is C16H20BNO4S. The lowest BCUT2D eigenvalue weighted by Gasteiger charge is -2.36. The topological polar surface area (TPSA) is 70.0 Å². The molecule has 1 aromatic carbocycles. The second-order valence-electron chi connectivity index (χ2n) is 6.90. The number of benzene rings is 1. The Balaban J connectivity index is 1.52. The number of carboxylic acid groups (broad SMARTS) is 1. The fourth-order valence-corrected chi connectivity index (χ4v) is 4.92. The molecule has 5 nitrogen and oxygen atoms in total. The number of rotatable bonds is 5. The highest BCUT2D eigenvalue weighted by Crippen LogP contribution is 2.60. The van der Waals surface area contributed by atoms with Crippen LogP contribution in [-0.4, -0.2) is 54.0 Å². The SMILES string of the molecule is CN1CC(CCSc2ccc3c(c2C(=O)O)OB(O)[C@@H]2C[C@H]32)C1. The van der Waals surface area contributed by atoms with Crippen LogP contribution in [0.3, 0.4) is 0 Å². The van der Waals surface area contributed by atoms with E-state index in [9.17, 15) is 14.9 Å². The Morgan fingerprint density at radius 3 is 2.96 bits per heavy atom. The van der Waals surface area contributed by atoms with Crippen LogP contribution in [0.5, 0.6) is 5.75 Å². The zero-order valence-electron chi connectivity index (χ0n) is 13.1. The molecule has 0 radical (unpaired) electrons. The molecule has 1 aromatic rings. The van der Waals surface area contributed by atoms with Crippen LogP contribution in [0.2, 0.25) is 5.82 Å². The second kappa shape index (κ2) is 5.72. The second-order valence-corrected chi connectivity index (χ2v) is 8.04. The van der Waals surface area contributed by atoms with Crippen LogP contribution >= 0.6 is 11.8 Å². The van der Waals surface area contributed by atoms with Crippen LogP contribution < -0.4 is 4.65 Å². The number of thioether (sulfide) groups is 1. The predicted molar refractivity (Wildman–Crippen MR) is 89.4 cm³/mol. The van der Waals surface area contributed by atoms with Crippen LogP contribution in [0.15, 0.2) is 17.0 Å². The number of hydrogen-bond acceptors (Lipinski definition) is 5. The molecule has 0 aromatic heterocycles. The van der Waals surface area contributed by atoms with Gasteiger partial charge in [0.2, 0.25) is 0 Å². The van der Waals surface area contributed by atoms with Crippen molar-refractivity contribution in [3.05, 3.63) is 23.3 Å². The molecule has 2 atom stereocenters. The minimum Gasteiger partial charge on any atom is -0.535 e. The lowest BCUT2D eigenvalue weighted by atomic mass is 9.77. The van der Waals surface area contributed by atoms with Crippen molar-refractivity contribution in [3.8, 4) is 5.75 Å². The minimum atomic E-state index is -0.973. The van der Waals surface area contributed by atoms with Crippen LogP contribution in [0.4, 0.5) is 0 Å². The highest BCUT2D eigenvalue weighted by Gasteiger charge is 2.54. The standard InChI is InChI=1S/C16H20BNO4S/c1-18-7-9(8-18)4-5-23-13-3-2-10-11-6-12(11)17(21)22-15(10)14(13)16(19)20/h2-3,9,11-12,21H,4-8H2,1H3,(H,19,20)/t11-,12-/m1/s1. The lowest BCUT2D eigenvalue weighted by Crippen LogP contribution is -2.43. The number of nitrogens with zero attached hydrogens (tertiary/aromatic N) is 1. The monoisotopic (exact) mass is 333 g/mol. The maximum absolute atomic E-state index is 11.7. The average Bonchev–Trinajstić information content (AvgIpc) is 3.25. The van der Waals surface area contributed by atoms with E-state index in [1.807, 2.05) is 12.1 Å². The van der Waals surface area contributed by atoms with Crippen molar-refractivity contribution in [3.63, 3.8) is 0 Å². The van der Waals surface area contributed by atoms with Gasteiger partial charge in [0, 0.05) is 23.8 Å². The highest BCUT2D eigenvalue weighted by atomic mass is 32.2. The molecule has 0 amide bonds. The zero-order valence-corrected chi connectivity index (χ0v) is 13.9. The van der Waals surface area contributed by atoms with Crippen molar-refractivity contribution < 1.29 is 19.6 Å². The van der Waals surface area contributed by atoms with Gasteiger partial charge in [0.15, 0.2) is 0 Å². The summed E-state index contributed by atoms with van der Waals surface area (Å²) in [6, 6.07) is 3.90. The van der Waals surface area contributed by atoms with Crippen LogP contribution in [-0.2, 0) is 0 Å². The molecule has 7 heteroatoms. The van der Waals surface area contributed by atoms with Crippen LogP contribution in [0.1, 0.15) is 34.7 Å². The highest BCUT2D eigenvalue weighted by molar-refractivity contribution is 7.99. The van der Waals surface area contributed by atoms with Gasteiger partial charge in [-0.05, 0) is 49.1 Å². The maximum Gasteiger partial charge on any atom is 0.526 e. The Bertz CT molecular complexity index is 649. The first-order valence-electron chi connectivity index (χ1n) is 8.11. The van der Waals surface area contributed by atoms with Crippen molar-refractivity contribution >= 4 is 24.8 Å². The Morgan fingerprint density at radius 1 is 1.48 bits per heavy atom. The molecule has 3 aliphatic rings. The third-order valence-corrected chi connectivity index (χ3v) is 6.22. The van der Waals surface area contributed by atoms with Crippen LogP contribution in [0, 0.1) is 5.92 Å². The van der Waals surface area contributed by atoms with Gasteiger partial charge in [-0.3, -0.25) is 0 Å². The lowest BCUT2D eigenvalue weighted by molar-refractivity contribution is 0.0690. The molecule has 2 N–H and O–H groups in total.